The molecule has 4 rings (SSSR count). The molecule has 29 heavy (non-hydrogen) atoms. The first-order valence-corrected chi connectivity index (χ1v) is 11.3. The molecule has 0 radical (unpaired) electrons. The number of hydrogen-bond acceptors (Lipinski definition) is 5. The summed E-state index contributed by atoms with van der Waals surface area (Å²) in [6.07, 6.45) is 2.87. The van der Waals surface area contributed by atoms with Crippen molar-refractivity contribution in [1.29, 1.82) is 0 Å². The minimum Gasteiger partial charge on any atom is -0.464 e. The predicted molar refractivity (Wildman–Crippen MR) is 116 cm³/mol. The molecule has 9 heteroatoms. The van der Waals surface area contributed by atoms with Crippen LogP contribution in [0.3, 0.4) is 0 Å². The van der Waals surface area contributed by atoms with Crippen LogP contribution in [0.25, 0.3) is 0 Å². The van der Waals surface area contributed by atoms with Crippen molar-refractivity contribution in [3.05, 3.63) is 78.0 Å². The van der Waals surface area contributed by atoms with Gasteiger partial charge in [-0.2, -0.15) is 0 Å². The van der Waals surface area contributed by atoms with Crippen molar-refractivity contribution < 1.29 is 12.8 Å². The van der Waals surface area contributed by atoms with Gasteiger partial charge in [0, 0.05) is 17.6 Å². The Morgan fingerprint density at radius 3 is 2.48 bits per heavy atom. The molecule has 2 atom stereocenters. The van der Waals surface area contributed by atoms with E-state index in [-0.39, 0.29) is 12.1 Å². The van der Waals surface area contributed by atoms with E-state index in [1.54, 1.807) is 18.3 Å². The Hall–Kier alpha value is -2.91. The van der Waals surface area contributed by atoms with E-state index < -0.39 is 10.0 Å². The van der Waals surface area contributed by atoms with E-state index in [4.69, 9.17) is 16.6 Å². The zero-order valence-electron chi connectivity index (χ0n) is 15.9. The zero-order valence-corrected chi connectivity index (χ0v) is 17.5. The summed E-state index contributed by atoms with van der Waals surface area (Å²) in [5.41, 5.74) is 2.16. The maximum atomic E-state index is 11.5. The first-order valence-electron chi connectivity index (χ1n) is 8.97. The molecular formula is C20H20N4O3S2. The average molecular weight is 429 g/mol. The van der Waals surface area contributed by atoms with E-state index in [0.717, 1.165) is 29.2 Å². The van der Waals surface area contributed by atoms with Crippen LogP contribution < -0.4 is 14.9 Å². The van der Waals surface area contributed by atoms with Crippen LogP contribution >= 0.6 is 12.2 Å². The SMILES string of the molecule is Cc1ccc([C@@H]2[C@@H](c3ccccn3)NC(=S)N2c2ccc(NS(C)(=O)=O)cc2)o1. The molecule has 1 saturated heterocycles. The number of furan rings is 1. The number of pyridine rings is 1. The number of sulfonamides is 1. The zero-order chi connectivity index (χ0) is 20.6. The Morgan fingerprint density at radius 1 is 1.14 bits per heavy atom. The number of aromatic nitrogens is 1. The van der Waals surface area contributed by atoms with Crippen molar-refractivity contribution in [1.82, 2.24) is 10.3 Å². The van der Waals surface area contributed by atoms with Crippen LogP contribution in [0, 0.1) is 6.92 Å². The number of thiocarbonyl (C=S) groups is 1. The standard InChI is InChI=1S/C20H20N4O3S2/c1-13-6-11-17(27-13)19-18(16-5-3-4-12-21-16)22-20(28)24(19)15-9-7-14(8-10-15)23-29(2,25)26/h3-12,18-19,23H,1-2H3,(H,22,28)/t18-,19-/m1/s1. The van der Waals surface area contributed by atoms with Crippen LogP contribution in [0.2, 0.25) is 0 Å². The third-order valence-corrected chi connectivity index (χ3v) is 5.52. The summed E-state index contributed by atoms with van der Waals surface area (Å²) in [6.45, 7) is 1.90. The molecule has 1 aliphatic heterocycles. The number of aryl methyl sites for hydroxylation is 1. The monoisotopic (exact) mass is 428 g/mol. The van der Waals surface area contributed by atoms with Gasteiger partial charge in [0.2, 0.25) is 10.0 Å². The van der Waals surface area contributed by atoms with Crippen molar-refractivity contribution >= 4 is 38.7 Å². The summed E-state index contributed by atoms with van der Waals surface area (Å²) in [6, 6.07) is 16.3. The van der Waals surface area contributed by atoms with Crippen molar-refractivity contribution in [2.45, 2.75) is 19.0 Å². The van der Waals surface area contributed by atoms with Crippen LogP contribution in [-0.4, -0.2) is 24.8 Å². The molecule has 0 unspecified atom stereocenters. The Balaban J connectivity index is 1.73. The average Bonchev–Trinajstić information content (AvgIpc) is 3.25. The Bertz CT molecular complexity index is 1130. The summed E-state index contributed by atoms with van der Waals surface area (Å²) in [4.78, 5) is 6.46. The van der Waals surface area contributed by atoms with Gasteiger partial charge in [-0.05, 0) is 67.7 Å². The fourth-order valence-corrected chi connectivity index (χ4v) is 4.35. The molecule has 0 aliphatic carbocycles. The van der Waals surface area contributed by atoms with E-state index in [0.29, 0.717) is 10.8 Å². The molecule has 1 fully saturated rings. The van der Waals surface area contributed by atoms with Crippen LogP contribution in [0.5, 0.6) is 0 Å². The molecule has 2 N–H and O–H groups in total. The smallest absolute Gasteiger partial charge is 0.229 e. The number of nitrogens with zero attached hydrogens (tertiary/aromatic N) is 2. The highest BCUT2D eigenvalue weighted by molar-refractivity contribution is 7.92. The maximum Gasteiger partial charge on any atom is 0.229 e. The summed E-state index contributed by atoms with van der Waals surface area (Å²) < 4.78 is 31.3. The van der Waals surface area contributed by atoms with Gasteiger partial charge >= 0.3 is 0 Å². The Kier molecular flexibility index (Phi) is 5.01. The molecule has 0 saturated carbocycles. The summed E-state index contributed by atoms with van der Waals surface area (Å²) >= 11 is 5.64. The van der Waals surface area contributed by atoms with E-state index in [1.165, 1.54) is 0 Å². The van der Waals surface area contributed by atoms with Gasteiger partial charge in [0.25, 0.3) is 0 Å². The van der Waals surface area contributed by atoms with Gasteiger partial charge in [-0.25, -0.2) is 8.42 Å². The third-order valence-electron chi connectivity index (χ3n) is 4.60. The molecule has 0 amide bonds. The van der Waals surface area contributed by atoms with Gasteiger partial charge < -0.3 is 14.6 Å². The van der Waals surface area contributed by atoms with Crippen LogP contribution in [0.15, 0.2) is 65.2 Å². The van der Waals surface area contributed by atoms with Crippen LogP contribution in [0.4, 0.5) is 11.4 Å². The van der Waals surface area contributed by atoms with E-state index in [1.807, 2.05) is 54.3 Å². The van der Waals surface area contributed by atoms with E-state index in [9.17, 15) is 8.42 Å². The molecule has 2 aromatic heterocycles. The molecular weight excluding hydrogens is 408 g/mol. The van der Waals surface area contributed by atoms with Crippen molar-refractivity contribution in [2.24, 2.45) is 0 Å². The van der Waals surface area contributed by atoms with Gasteiger partial charge in [0.05, 0.1) is 18.0 Å². The Labute approximate surface area is 174 Å². The second-order valence-electron chi connectivity index (χ2n) is 6.87. The van der Waals surface area contributed by atoms with Crippen molar-refractivity contribution in [2.75, 3.05) is 15.9 Å². The van der Waals surface area contributed by atoms with Crippen molar-refractivity contribution in [3.8, 4) is 0 Å². The van der Waals surface area contributed by atoms with Crippen LogP contribution in [-0.2, 0) is 10.0 Å². The quantitative estimate of drug-likeness (QED) is 0.601. The second-order valence-corrected chi connectivity index (χ2v) is 9.00. The molecule has 1 aliphatic rings. The molecule has 150 valence electrons. The molecule has 0 spiro atoms. The normalized spacial score (nSPS) is 19.2. The highest BCUT2D eigenvalue weighted by Crippen LogP contribution is 2.42. The lowest BCUT2D eigenvalue weighted by molar-refractivity contribution is 0.418. The lowest BCUT2D eigenvalue weighted by Gasteiger charge is -2.26. The van der Waals surface area contributed by atoms with Gasteiger partial charge in [-0.1, -0.05) is 6.07 Å². The lowest BCUT2D eigenvalue weighted by Crippen LogP contribution is -2.29. The molecule has 7 nitrogen and oxygen atoms in total. The number of nitrogens with one attached hydrogen (secondary N) is 2. The van der Waals surface area contributed by atoms with Crippen molar-refractivity contribution in [3.63, 3.8) is 0 Å². The number of rotatable bonds is 5. The first kappa shape index (κ1) is 19.4. The highest BCUT2D eigenvalue weighted by atomic mass is 32.2. The lowest BCUT2D eigenvalue weighted by atomic mass is 10.0. The fraction of sp³-hybridized carbons (Fsp3) is 0.200. The van der Waals surface area contributed by atoms with Crippen LogP contribution in [0.1, 0.15) is 29.3 Å². The first-order chi connectivity index (χ1) is 13.8. The van der Waals surface area contributed by atoms with Gasteiger partial charge in [-0.3, -0.25) is 9.71 Å². The second kappa shape index (κ2) is 7.49. The Morgan fingerprint density at radius 2 is 1.90 bits per heavy atom. The third kappa shape index (κ3) is 4.10. The molecule has 3 aromatic rings. The number of hydrogen-bond donors (Lipinski definition) is 2. The summed E-state index contributed by atoms with van der Waals surface area (Å²) in [7, 11) is -3.34. The number of benzene rings is 1. The molecule has 1 aromatic carbocycles. The summed E-state index contributed by atoms with van der Waals surface area (Å²) in [5, 5.41) is 3.90. The minimum absolute atomic E-state index is 0.192. The highest BCUT2D eigenvalue weighted by Gasteiger charge is 2.42. The van der Waals surface area contributed by atoms with Gasteiger partial charge in [-0.15, -0.1) is 0 Å². The summed E-state index contributed by atoms with van der Waals surface area (Å²) in [5.74, 6) is 1.58. The number of anilines is 2. The van der Waals surface area contributed by atoms with E-state index >= 15 is 0 Å². The minimum atomic E-state index is -3.34. The maximum absolute atomic E-state index is 11.5. The van der Waals surface area contributed by atoms with Gasteiger partial charge in [0.1, 0.15) is 17.6 Å². The largest absolute Gasteiger partial charge is 0.464 e. The topological polar surface area (TPSA) is 87.5 Å². The van der Waals surface area contributed by atoms with Gasteiger partial charge in [0.15, 0.2) is 5.11 Å². The fourth-order valence-electron chi connectivity index (χ4n) is 3.44. The molecule has 0 bridgehead atoms. The predicted octanol–water partition coefficient (Wildman–Crippen LogP) is 3.53. The van der Waals surface area contributed by atoms with E-state index in [2.05, 4.69) is 15.0 Å². The molecule has 3 heterocycles.